The number of rotatable bonds is 3. The van der Waals surface area contributed by atoms with Gasteiger partial charge in [0.25, 0.3) is 11.1 Å². The third-order valence-electron chi connectivity index (χ3n) is 4.89. The average molecular weight is 393 g/mol. The standard InChI is InChI=1S/C21H19N3O3S/c1-13-5-4-6-15(9-13)12-24-19(25)18(28-21(24)27)11-14-7-8-16-17(10-14)23(3)20(26)22(16)2/h4-11H,12H2,1-3H3/b18-11+. The maximum absolute atomic E-state index is 12.8. The van der Waals surface area contributed by atoms with Gasteiger partial charge in [0, 0.05) is 14.1 Å². The molecule has 2 aromatic carbocycles. The van der Waals surface area contributed by atoms with E-state index in [-0.39, 0.29) is 23.4 Å². The number of nitrogens with zero attached hydrogens (tertiary/aromatic N) is 3. The van der Waals surface area contributed by atoms with E-state index in [2.05, 4.69) is 0 Å². The highest BCUT2D eigenvalue weighted by molar-refractivity contribution is 8.18. The highest BCUT2D eigenvalue weighted by atomic mass is 32.2. The molecule has 142 valence electrons. The predicted octanol–water partition coefficient (Wildman–Crippen LogP) is 3.42. The Kier molecular flexibility index (Phi) is 4.47. The van der Waals surface area contributed by atoms with Gasteiger partial charge in [0.2, 0.25) is 0 Å². The van der Waals surface area contributed by atoms with Crippen molar-refractivity contribution in [2.24, 2.45) is 14.1 Å². The number of benzene rings is 2. The zero-order valence-electron chi connectivity index (χ0n) is 15.8. The summed E-state index contributed by atoms with van der Waals surface area (Å²) in [6.07, 6.45) is 1.71. The minimum atomic E-state index is -0.293. The van der Waals surface area contributed by atoms with Crippen LogP contribution in [0.3, 0.4) is 0 Å². The molecule has 0 N–H and O–H groups in total. The summed E-state index contributed by atoms with van der Waals surface area (Å²) < 4.78 is 3.14. The molecule has 28 heavy (non-hydrogen) atoms. The molecule has 0 atom stereocenters. The average Bonchev–Trinajstić information content (AvgIpc) is 3.05. The lowest BCUT2D eigenvalue weighted by Crippen LogP contribution is -2.27. The molecule has 3 aromatic rings. The number of carbonyl (C=O) groups excluding carboxylic acids is 2. The van der Waals surface area contributed by atoms with Gasteiger partial charge < -0.3 is 0 Å². The molecule has 7 heteroatoms. The van der Waals surface area contributed by atoms with E-state index in [1.54, 1.807) is 29.3 Å². The zero-order chi connectivity index (χ0) is 20.0. The van der Waals surface area contributed by atoms with Crippen molar-refractivity contribution in [3.8, 4) is 0 Å². The molecule has 0 saturated carbocycles. The molecule has 1 saturated heterocycles. The number of amides is 2. The van der Waals surface area contributed by atoms with E-state index in [0.717, 1.165) is 39.5 Å². The molecule has 1 aliphatic heterocycles. The van der Waals surface area contributed by atoms with Crippen molar-refractivity contribution in [3.63, 3.8) is 0 Å². The van der Waals surface area contributed by atoms with E-state index >= 15 is 0 Å². The van der Waals surface area contributed by atoms with Crippen LogP contribution in [-0.4, -0.2) is 25.2 Å². The van der Waals surface area contributed by atoms with Crippen LogP contribution >= 0.6 is 11.8 Å². The number of aromatic nitrogens is 2. The Labute approximate surface area is 166 Å². The van der Waals surface area contributed by atoms with E-state index in [0.29, 0.717) is 4.91 Å². The third kappa shape index (κ3) is 3.07. The molecule has 1 aromatic heterocycles. The monoisotopic (exact) mass is 393 g/mol. The second-order valence-corrected chi connectivity index (χ2v) is 7.90. The Bertz CT molecular complexity index is 1220. The van der Waals surface area contributed by atoms with Gasteiger partial charge in [0.15, 0.2) is 0 Å². The van der Waals surface area contributed by atoms with Crippen molar-refractivity contribution >= 4 is 40.0 Å². The van der Waals surface area contributed by atoms with Crippen LogP contribution in [0.1, 0.15) is 16.7 Å². The fourth-order valence-electron chi connectivity index (χ4n) is 3.39. The topological polar surface area (TPSA) is 64.3 Å². The molecule has 6 nitrogen and oxygen atoms in total. The van der Waals surface area contributed by atoms with Gasteiger partial charge in [-0.25, -0.2) is 4.79 Å². The number of imide groups is 1. The smallest absolute Gasteiger partial charge is 0.295 e. The number of carbonyl (C=O) groups is 2. The van der Waals surface area contributed by atoms with E-state index in [9.17, 15) is 14.4 Å². The molecular formula is C21H19N3O3S. The number of fused-ring (bicyclic) bond motifs is 1. The third-order valence-corrected chi connectivity index (χ3v) is 5.80. The number of hydrogen-bond acceptors (Lipinski definition) is 4. The quantitative estimate of drug-likeness (QED) is 0.640. The van der Waals surface area contributed by atoms with Gasteiger partial charge >= 0.3 is 5.69 Å². The molecule has 0 spiro atoms. The minimum absolute atomic E-state index is 0.106. The van der Waals surface area contributed by atoms with Crippen LogP contribution in [0.25, 0.3) is 17.1 Å². The second kappa shape index (κ2) is 6.83. The summed E-state index contributed by atoms with van der Waals surface area (Å²) in [6, 6.07) is 13.3. The Morgan fingerprint density at radius 2 is 1.71 bits per heavy atom. The molecule has 0 aliphatic carbocycles. The van der Waals surface area contributed by atoms with Gasteiger partial charge in [-0.15, -0.1) is 0 Å². The van der Waals surface area contributed by atoms with Gasteiger partial charge in [0.1, 0.15) is 0 Å². The van der Waals surface area contributed by atoms with Crippen molar-refractivity contribution in [1.82, 2.24) is 14.0 Å². The maximum Gasteiger partial charge on any atom is 0.328 e. The van der Waals surface area contributed by atoms with Crippen LogP contribution < -0.4 is 5.69 Å². The largest absolute Gasteiger partial charge is 0.328 e. The van der Waals surface area contributed by atoms with Crippen molar-refractivity contribution < 1.29 is 9.59 Å². The molecular weight excluding hydrogens is 374 g/mol. The van der Waals surface area contributed by atoms with Crippen molar-refractivity contribution in [2.75, 3.05) is 0 Å². The van der Waals surface area contributed by atoms with E-state index < -0.39 is 0 Å². The fraction of sp³-hybridized carbons (Fsp3) is 0.190. The van der Waals surface area contributed by atoms with Crippen molar-refractivity contribution in [3.05, 3.63) is 74.5 Å². The van der Waals surface area contributed by atoms with Gasteiger partial charge in [0.05, 0.1) is 22.5 Å². The normalized spacial score (nSPS) is 16.0. The lowest BCUT2D eigenvalue weighted by Gasteiger charge is -2.12. The summed E-state index contributed by atoms with van der Waals surface area (Å²) in [7, 11) is 3.44. The lowest BCUT2D eigenvalue weighted by molar-refractivity contribution is -0.123. The first-order chi connectivity index (χ1) is 13.3. The molecule has 4 rings (SSSR count). The van der Waals surface area contributed by atoms with Crippen LogP contribution in [0.15, 0.2) is 52.2 Å². The Hall–Kier alpha value is -3.06. The number of aryl methyl sites for hydroxylation is 3. The summed E-state index contributed by atoms with van der Waals surface area (Å²) in [5.41, 5.74) is 4.27. The molecule has 2 amide bonds. The Morgan fingerprint density at radius 3 is 2.46 bits per heavy atom. The van der Waals surface area contributed by atoms with Crippen molar-refractivity contribution in [1.29, 1.82) is 0 Å². The summed E-state index contributed by atoms with van der Waals surface area (Å²) in [5.74, 6) is -0.293. The number of imidazole rings is 1. The predicted molar refractivity (Wildman–Crippen MR) is 111 cm³/mol. The molecule has 1 aliphatic rings. The summed E-state index contributed by atoms with van der Waals surface area (Å²) in [4.78, 5) is 38.9. The summed E-state index contributed by atoms with van der Waals surface area (Å²) >= 11 is 0.943. The Morgan fingerprint density at radius 1 is 0.964 bits per heavy atom. The first-order valence-corrected chi connectivity index (χ1v) is 9.63. The van der Waals surface area contributed by atoms with Gasteiger partial charge in [-0.2, -0.15) is 0 Å². The molecule has 0 unspecified atom stereocenters. The zero-order valence-corrected chi connectivity index (χ0v) is 16.6. The van der Waals surface area contributed by atoms with Crippen LogP contribution in [0.4, 0.5) is 4.79 Å². The maximum atomic E-state index is 12.8. The van der Waals surface area contributed by atoms with Gasteiger partial charge in [-0.3, -0.25) is 23.6 Å². The first-order valence-electron chi connectivity index (χ1n) is 8.81. The van der Waals surface area contributed by atoms with E-state index in [1.165, 1.54) is 4.90 Å². The van der Waals surface area contributed by atoms with Crippen molar-refractivity contribution in [2.45, 2.75) is 13.5 Å². The second-order valence-electron chi connectivity index (χ2n) is 6.91. The highest BCUT2D eigenvalue weighted by Crippen LogP contribution is 2.33. The van der Waals surface area contributed by atoms with Crippen LogP contribution in [-0.2, 0) is 25.4 Å². The molecule has 0 radical (unpaired) electrons. The summed E-state index contributed by atoms with van der Waals surface area (Å²) in [5, 5.41) is -0.272. The van der Waals surface area contributed by atoms with E-state index in [1.807, 2.05) is 49.4 Å². The fourth-order valence-corrected chi connectivity index (χ4v) is 4.23. The molecule has 2 heterocycles. The Balaban J connectivity index is 1.64. The number of hydrogen-bond donors (Lipinski definition) is 0. The highest BCUT2D eigenvalue weighted by Gasteiger charge is 2.35. The van der Waals surface area contributed by atoms with Gasteiger partial charge in [-0.1, -0.05) is 35.9 Å². The molecule has 1 fully saturated rings. The molecule has 0 bridgehead atoms. The summed E-state index contributed by atoms with van der Waals surface area (Å²) in [6.45, 7) is 2.24. The lowest BCUT2D eigenvalue weighted by atomic mass is 10.1. The number of thioether (sulfide) groups is 1. The van der Waals surface area contributed by atoms with Crippen LogP contribution in [0, 0.1) is 6.92 Å². The van der Waals surface area contributed by atoms with Crippen LogP contribution in [0.5, 0.6) is 0 Å². The van der Waals surface area contributed by atoms with Gasteiger partial charge in [-0.05, 0) is 48.0 Å². The van der Waals surface area contributed by atoms with E-state index in [4.69, 9.17) is 0 Å². The SMILES string of the molecule is Cc1cccc(CN2C(=O)S/C(=C/c3ccc4c(c3)n(C)c(=O)n4C)C2=O)c1. The van der Waals surface area contributed by atoms with Crippen LogP contribution in [0.2, 0.25) is 0 Å². The first kappa shape index (κ1) is 18.3. The minimum Gasteiger partial charge on any atom is -0.295 e.